The second-order valence-electron chi connectivity index (χ2n) is 19.9. The molecule has 5 heterocycles. The van der Waals surface area contributed by atoms with Gasteiger partial charge in [0.25, 0.3) is 11.8 Å². The minimum atomic E-state index is -4.02. The van der Waals surface area contributed by atoms with Gasteiger partial charge in [0.15, 0.2) is 0 Å². The molecule has 1 unspecified atom stereocenters. The third kappa shape index (κ3) is 9.93. The van der Waals surface area contributed by atoms with Crippen molar-refractivity contribution in [1.82, 2.24) is 29.8 Å². The lowest BCUT2D eigenvalue weighted by Gasteiger charge is -2.31. The zero-order chi connectivity index (χ0) is 48.8. The smallest absolute Gasteiger partial charge is 0.259 e. The van der Waals surface area contributed by atoms with Crippen LogP contribution in [0, 0.1) is 12.8 Å². The Morgan fingerprint density at radius 2 is 1.86 bits per heavy atom. The fraction of sp³-hybridized carbons (Fsp3) is 0.529. The molecule has 3 N–H and O–H groups in total. The molecule has 2 aliphatic carbocycles. The lowest BCUT2D eigenvalue weighted by atomic mass is 10.0. The number of carbonyl (C=O) groups excluding carboxylic acids is 4. The Balaban J connectivity index is 1.06. The van der Waals surface area contributed by atoms with Gasteiger partial charge in [-0.25, -0.2) is 18.4 Å². The molecule has 4 fully saturated rings. The van der Waals surface area contributed by atoms with E-state index in [1.807, 2.05) is 55.6 Å². The van der Waals surface area contributed by atoms with Crippen LogP contribution in [0.2, 0.25) is 0 Å². The highest BCUT2D eigenvalue weighted by molar-refractivity contribution is 7.91. The molecular formula is C51H63N7O9S2. The zero-order valence-corrected chi connectivity index (χ0v) is 41.8. The van der Waals surface area contributed by atoms with Gasteiger partial charge in [0.05, 0.1) is 42.3 Å². The van der Waals surface area contributed by atoms with Gasteiger partial charge in [0.1, 0.15) is 45.9 Å². The first-order valence-electron chi connectivity index (χ1n) is 24.2. The minimum Gasteiger partial charge on any atom is -0.496 e. The number of nitrogens with zero attached hydrogens (tertiary/aromatic N) is 4. The highest BCUT2D eigenvalue weighted by atomic mass is 32.2. The Morgan fingerprint density at radius 1 is 1.04 bits per heavy atom. The number of hydrogen-bond acceptors (Lipinski definition) is 13. The molecule has 0 bridgehead atoms. The maximum atomic E-state index is 15.3. The Morgan fingerprint density at radius 3 is 2.59 bits per heavy atom. The first-order chi connectivity index (χ1) is 33.0. The molecule has 16 nitrogen and oxygen atoms in total. The Labute approximate surface area is 408 Å². The summed E-state index contributed by atoms with van der Waals surface area (Å²) >= 11 is 1.49. The predicted octanol–water partition coefficient (Wildman–Crippen LogP) is 6.88. The molecule has 2 saturated heterocycles. The summed E-state index contributed by atoms with van der Waals surface area (Å²) in [7, 11) is -2.41. The Kier molecular flexibility index (Phi) is 13.6. The van der Waals surface area contributed by atoms with E-state index >= 15 is 4.79 Å². The summed E-state index contributed by atoms with van der Waals surface area (Å²) in [4.78, 5) is 71.4. The molecule has 9 rings (SSSR count). The highest BCUT2D eigenvalue weighted by Crippen LogP contribution is 2.48. The Bertz CT molecular complexity index is 2790. The molecule has 5 aliphatic rings. The van der Waals surface area contributed by atoms with Crippen LogP contribution in [0.4, 0.5) is 5.69 Å². The number of sulfonamides is 1. The molecule has 368 valence electrons. The first-order valence-corrected chi connectivity index (χ1v) is 26.6. The molecule has 4 amide bonds. The van der Waals surface area contributed by atoms with E-state index in [4.69, 9.17) is 24.2 Å². The summed E-state index contributed by atoms with van der Waals surface area (Å²) < 4.78 is 46.4. The van der Waals surface area contributed by atoms with Crippen LogP contribution in [-0.2, 0) is 29.1 Å². The van der Waals surface area contributed by atoms with E-state index in [-0.39, 0.29) is 43.2 Å². The molecule has 2 aromatic heterocycles. The second kappa shape index (κ2) is 19.3. The van der Waals surface area contributed by atoms with Crippen molar-refractivity contribution in [2.24, 2.45) is 5.92 Å². The van der Waals surface area contributed by atoms with Crippen molar-refractivity contribution in [3.8, 4) is 22.2 Å². The van der Waals surface area contributed by atoms with E-state index in [1.165, 1.54) is 16.2 Å². The van der Waals surface area contributed by atoms with E-state index < -0.39 is 56.2 Å². The monoisotopic (exact) mass is 981 g/mol. The SMILES string of the molecule is COc1ccc2c(O[C@@H]3C[C@H]4C(=O)N[C@]5(C(=O)NS(=O)(=O)C6(C)CC6)C[C@H]5/C=C\CCCCC[C@H](Nc5cccc(C(=O)N6CCOC(C)C6)c5)C(=O)N4C3)cc(-c3nc(C(C)C)cs3)nc2c1C. The number of amides is 4. The molecule has 18 heteroatoms. The van der Waals surface area contributed by atoms with Crippen LogP contribution < -0.4 is 24.8 Å². The number of ether oxygens (including phenoxy) is 3. The number of aryl methyl sites for hydroxylation is 1. The number of thiazole rings is 1. The van der Waals surface area contributed by atoms with Crippen molar-refractivity contribution in [3.63, 3.8) is 0 Å². The molecule has 3 aliphatic heterocycles. The average Bonchev–Trinajstić information content (AvgIpc) is 4.10. The summed E-state index contributed by atoms with van der Waals surface area (Å²) in [6.45, 7) is 11.1. The summed E-state index contributed by atoms with van der Waals surface area (Å²) in [5.74, 6) is -0.912. The van der Waals surface area contributed by atoms with E-state index in [1.54, 1.807) is 37.1 Å². The third-order valence-electron chi connectivity index (χ3n) is 14.4. The van der Waals surface area contributed by atoms with Crippen molar-refractivity contribution in [3.05, 3.63) is 76.8 Å². The molecule has 2 saturated carbocycles. The summed E-state index contributed by atoms with van der Waals surface area (Å²) in [6.07, 6.45) is 7.75. The first kappa shape index (κ1) is 48.4. The summed E-state index contributed by atoms with van der Waals surface area (Å²) in [5.41, 5.74) is 2.56. The van der Waals surface area contributed by atoms with Crippen molar-refractivity contribution in [2.75, 3.05) is 38.7 Å². The molecular weight excluding hydrogens is 919 g/mol. The summed E-state index contributed by atoms with van der Waals surface area (Å²) in [5, 5.41) is 9.91. The number of aromatic nitrogens is 2. The zero-order valence-electron chi connectivity index (χ0n) is 40.2. The van der Waals surface area contributed by atoms with Gasteiger partial charge in [-0.2, -0.15) is 0 Å². The number of benzene rings is 2. The molecule has 0 radical (unpaired) electrons. The fourth-order valence-corrected chi connectivity index (χ4v) is 12.0. The van der Waals surface area contributed by atoms with E-state index in [2.05, 4.69) is 29.2 Å². The lowest BCUT2D eigenvalue weighted by Crippen LogP contribution is -2.58. The predicted molar refractivity (Wildman–Crippen MR) is 264 cm³/mol. The number of allylic oxidation sites excluding steroid dienone is 1. The van der Waals surface area contributed by atoms with Gasteiger partial charge in [-0.05, 0) is 95.5 Å². The third-order valence-corrected chi connectivity index (χ3v) is 17.5. The van der Waals surface area contributed by atoms with Crippen LogP contribution in [0.3, 0.4) is 0 Å². The normalized spacial score (nSPS) is 26.5. The number of pyridine rings is 1. The van der Waals surface area contributed by atoms with Gasteiger partial charge >= 0.3 is 0 Å². The maximum absolute atomic E-state index is 15.3. The summed E-state index contributed by atoms with van der Waals surface area (Å²) in [6, 6.07) is 10.8. The second-order valence-corrected chi connectivity index (χ2v) is 23.0. The fourth-order valence-electron chi connectivity index (χ4n) is 9.73. The van der Waals surface area contributed by atoms with Gasteiger partial charge in [-0.1, -0.05) is 44.9 Å². The van der Waals surface area contributed by atoms with Crippen LogP contribution >= 0.6 is 11.3 Å². The standard InChI is InChI=1S/C51H63N7O9S2/c1-30(2)40-29-68-46(54-40)39-25-43(37-17-18-42(65-6)32(4)44(37)53-39)67-36-24-41-45(59)55-51(49(62)56-69(63,64)50(5)19-20-50)26-34(51)14-10-8-7-9-11-16-38(48(61)58(41)28-36)52-35-15-12-13-33(23-35)47(60)57-21-22-66-31(3)27-57/h10,12-15,17-18,23,25,29-31,34,36,38,41,52H,7-9,11,16,19-22,24,26-28H2,1-6H3,(H,55,59)(H,56,62)/b14-10-/t31?,34-,36-,38+,41+,51-/m1/s1. The molecule has 4 aromatic rings. The molecule has 2 aromatic carbocycles. The quantitative estimate of drug-likeness (QED) is 0.132. The number of fused-ring (bicyclic) bond motifs is 3. The number of carbonyl (C=O) groups is 4. The van der Waals surface area contributed by atoms with E-state index in [9.17, 15) is 22.8 Å². The molecule has 69 heavy (non-hydrogen) atoms. The van der Waals surface area contributed by atoms with Gasteiger partial charge < -0.3 is 34.6 Å². The van der Waals surface area contributed by atoms with Crippen molar-refractivity contribution in [1.29, 1.82) is 0 Å². The number of anilines is 1. The van der Waals surface area contributed by atoms with Crippen molar-refractivity contribution >= 4 is 61.6 Å². The van der Waals surface area contributed by atoms with Crippen LogP contribution in [0.5, 0.6) is 11.5 Å². The maximum Gasteiger partial charge on any atom is 0.259 e. The molecule has 0 spiro atoms. The minimum absolute atomic E-state index is 0.0289. The largest absolute Gasteiger partial charge is 0.496 e. The van der Waals surface area contributed by atoms with Gasteiger partial charge in [0, 0.05) is 59.1 Å². The topological polar surface area (TPSA) is 198 Å². The van der Waals surface area contributed by atoms with Crippen LogP contribution in [-0.4, -0.2) is 120 Å². The van der Waals surface area contributed by atoms with E-state index in [0.717, 1.165) is 29.1 Å². The van der Waals surface area contributed by atoms with Crippen molar-refractivity contribution in [2.45, 2.75) is 133 Å². The lowest BCUT2D eigenvalue weighted by molar-refractivity contribution is -0.140. The number of morpholine rings is 1. The highest BCUT2D eigenvalue weighted by Gasteiger charge is 2.63. The molecule has 6 atom stereocenters. The number of hydrogen-bond donors (Lipinski definition) is 3. The van der Waals surface area contributed by atoms with Gasteiger partial charge in [-0.15, -0.1) is 11.3 Å². The number of nitrogens with one attached hydrogen (secondary N) is 3. The Hall–Kier alpha value is -5.59. The van der Waals surface area contributed by atoms with Gasteiger partial charge in [-0.3, -0.25) is 23.9 Å². The van der Waals surface area contributed by atoms with Crippen LogP contribution in [0.15, 0.2) is 60.0 Å². The average molecular weight is 982 g/mol. The number of rotatable bonds is 11. The van der Waals surface area contributed by atoms with Gasteiger partial charge in [0.2, 0.25) is 21.8 Å². The van der Waals surface area contributed by atoms with Crippen LogP contribution in [0.25, 0.3) is 21.6 Å². The van der Waals surface area contributed by atoms with Crippen molar-refractivity contribution < 1.29 is 41.8 Å². The van der Waals surface area contributed by atoms with E-state index in [0.29, 0.717) is 91.1 Å². The van der Waals surface area contributed by atoms with Crippen LogP contribution in [0.1, 0.15) is 113 Å². The number of methoxy groups -OCH3 is 1.